The Morgan fingerprint density at radius 1 is 0.321 bits per heavy atom. The zero-order valence-electron chi connectivity index (χ0n) is 35.6. The molecule has 300 valence electrons. The molecule has 0 aliphatic heterocycles. The van der Waals surface area contributed by atoms with Gasteiger partial charge in [-0.05, 0) is 77.0 Å². The summed E-state index contributed by atoms with van der Waals surface area (Å²) < 4.78 is 1.22. The molecule has 0 aliphatic carbocycles. The maximum absolute atomic E-state index is 2.43. The molecule has 0 aromatic heterocycles. The molecule has 0 heterocycles. The van der Waals surface area contributed by atoms with E-state index in [0.717, 1.165) is 0 Å². The number of benzene rings is 2. The smallest absolute Gasteiger partial charge is 0.105 e. The Morgan fingerprint density at radius 3 is 0.887 bits per heavy atom. The van der Waals surface area contributed by atoms with Gasteiger partial charge in [-0.2, -0.15) is 0 Å². The highest BCUT2D eigenvalue weighted by atomic mass is 15.3. The van der Waals surface area contributed by atoms with Gasteiger partial charge < -0.3 is 4.48 Å². The van der Waals surface area contributed by atoms with Crippen LogP contribution in [0.5, 0.6) is 0 Å². The lowest BCUT2D eigenvalue weighted by atomic mass is 10.0. The van der Waals surface area contributed by atoms with Gasteiger partial charge in [0.1, 0.15) is 13.1 Å². The molecular formula is C52H88N+. The van der Waals surface area contributed by atoms with E-state index < -0.39 is 0 Å². The van der Waals surface area contributed by atoms with Crippen molar-refractivity contribution in [2.75, 3.05) is 13.1 Å². The lowest BCUT2D eigenvalue weighted by Crippen LogP contribution is -2.48. The van der Waals surface area contributed by atoms with E-state index in [-0.39, 0.29) is 0 Å². The molecule has 0 amide bonds. The molecule has 1 nitrogen and oxygen atoms in total. The van der Waals surface area contributed by atoms with Crippen molar-refractivity contribution in [3.63, 3.8) is 0 Å². The molecule has 0 aliphatic rings. The van der Waals surface area contributed by atoms with E-state index in [1.807, 2.05) is 0 Å². The maximum Gasteiger partial charge on any atom is 0.105 e. The standard InChI is InChI=1S/C52H88N/c1-3-5-7-9-11-13-15-17-19-21-23-25-27-29-31-33-41-47-53(49-51-43-37-35-38-44-51,50-52-45-39-36-40-46-52)48-42-34-32-30-28-26-24-22-20-18-16-14-12-10-8-6-4-2/h11-14,35-40,43-46H,3-10,15-34,41-42,47-50H2,1-2H3/q+1/b13-11+,14-12+. The second-order valence-corrected chi connectivity index (χ2v) is 16.7. The lowest BCUT2D eigenvalue weighted by Gasteiger charge is -2.39. The first-order chi connectivity index (χ1) is 26.3. The van der Waals surface area contributed by atoms with E-state index >= 15 is 0 Å². The average Bonchev–Trinajstić information content (AvgIpc) is 3.18. The molecular weight excluding hydrogens is 639 g/mol. The van der Waals surface area contributed by atoms with Crippen LogP contribution < -0.4 is 0 Å². The molecule has 0 saturated heterocycles. The number of hydrogen-bond acceptors (Lipinski definition) is 0. The second kappa shape index (κ2) is 35.6. The van der Waals surface area contributed by atoms with Crippen molar-refractivity contribution in [1.29, 1.82) is 0 Å². The van der Waals surface area contributed by atoms with Gasteiger partial charge in [0.2, 0.25) is 0 Å². The lowest BCUT2D eigenvalue weighted by molar-refractivity contribution is -0.954. The van der Waals surface area contributed by atoms with Crippen LogP contribution in [0.25, 0.3) is 0 Å². The first-order valence-electron chi connectivity index (χ1n) is 23.5. The minimum atomic E-state index is 1.17. The van der Waals surface area contributed by atoms with Crippen molar-refractivity contribution in [1.82, 2.24) is 0 Å². The van der Waals surface area contributed by atoms with Crippen LogP contribution >= 0.6 is 0 Å². The van der Waals surface area contributed by atoms with Gasteiger partial charge in [0, 0.05) is 11.1 Å². The summed E-state index contributed by atoms with van der Waals surface area (Å²) in [6, 6.07) is 22.8. The Labute approximate surface area is 332 Å². The zero-order valence-corrected chi connectivity index (χ0v) is 35.6. The Hall–Kier alpha value is -2.12. The van der Waals surface area contributed by atoms with Gasteiger partial charge in [0.25, 0.3) is 0 Å². The van der Waals surface area contributed by atoms with Crippen molar-refractivity contribution in [2.24, 2.45) is 0 Å². The maximum atomic E-state index is 2.43. The normalized spacial score (nSPS) is 12.1. The summed E-state index contributed by atoms with van der Waals surface area (Å²) in [4.78, 5) is 0. The Bertz CT molecular complexity index is 981. The van der Waals surface area contributed by atoms with Gasteiger partial charge in [0.15, 0.2) is 0 Å². The Morgan fingerprint density at radius 2 is 0.585 bits per heavy atom. The first kappa shape index (κ1) is 47.0. The van der Waals surface area contributed by atoms with Crippen LogP contribution in [0.2, 0.25) is 0 Å². The number of rotatable bonds is 38. The predicted octanol–water partition coefficient (Wildman–Crippen LogP) is 17.1. The highest BCUT2D eigenvalue weighted by Gasteiger charge is 2.27. The quantitative estimate of drug-likeness (QED) is 0.0367. The summed E-state index contributed by atoms with van der Waals surface area (Å²) in [5.74, 6) is 0. The van der Waals surface area contributed by atoms with E-state index in [1.54, 1.807) is 0 Å². The van der Waals surface area contributed by atoms with Crippen LogP contribution in [-0.4, -0.2) is 17.6 Å². The number of allylic oxidation sites excluding steroid dienone is 4. The SMILES string of the molecule is CCCCC/C=C/CCCCCCCCCCCC[N+](CCCCCCCCCCCC/C=C/CCCCC)(Cc1ccccc1)Cc1ccccc1. The van der Waals surface area contributed by atoms with Gasteiger partial charge >= 0.3 is 0 Å². The molecule has 2 rings (SSSR count). The predicted molar refractivity (Wildman–Crippen MR) is 238 cm³/mol. The van der Waals surface area contributed by atoms with Crippen LogP contribution in [0.1, 0.15) is 218 Å². The van der Waals surface area contributed by atoms with Crippen LogP contribution in [0.4, 0.5) is 0 Å². The minimum absolute atomic E-state index is 1.17. The number of hydrogen-bond donors (Lipinski definition) is 0. The Kier molecular flexibility index (Phi) is 31.6. The molecule has 2 aromatic rings. The average molecular weight is 727 g/mol. The third kappa shape index (κ3) is 28.0. The summed E-state index contributed by atoms with van der Waals surface area (Å²) in [7, 11) is 0. The molecule has 1 heteroatoms. The molecule has 0 fully saturated rings. The van der Waals surface area contributed by atoms with E-state index in [9.17, 15) is 0 Å². The second-order valence-electron chi connectivity index (χ2n) is 16.7. The highest BCUT2D eigenvalue weighted by molar-refractivity contribution is 5.15. The first-order valence-corrected chi connectivity index (χ1v) is 23.5. The van der Waals surface area contributed by atoms with Gasteiger partial charge in [-0.15, -0.1) is 0 Å². The molecule has 0 unspecified atom stereocenters. The fourth-order valence-electron chi connectivity index (χ4n) is 8.17. The fraction of sp³-hybridized carbons (Fsp3) is 0.692. The summed E-state index contributed by atoms with van der Waals surface area (Å²) in [5, 5.41) is 0. The van der Waals surface area contributed by atoms with Crippen molar-refractivity contribution in [2.45, 2.75) is 220 Å². The molecule has 0 spiro atoms. The minimum Gasteiger partial charge on any atom is -0.316 e. The van der Waals surface area contributed by atoms with Gasteiger partial charge in [-0.25, -0.2) is 0 Å². The largest absolute Gasteiger partial charge is 0.316 e. The molecule has 0 saturated carbocycles. The summed E-state index contributed by atoms with van der Waals surface area (Å²) in [6.45, 7) is 9.53. The van der Waals surface area contributed by atoms with Gasteiger partial charge in [0.05, 0.1) is 13.1 Å². The molecule has 0 bridgehead atoms. The van der Waals surface area contributed by atoms with Crippen molar-refractivity contribution in [3.05, 3.63) is 96.1 Å². The third-order valence-corrected chi connectivity index (χ3v) is 11.5. The Balaban J connectivity index is 1.67. The van der Waals surface area contributed by atoms with Crippen molar-refractivity contribution < 1.29 is 4.48 Å². The van der Waals surface area contributed by atoms with Crippen molar-refractivity contribution in [3.8, 4) is 0 Å². The molecule has 0 N–H and O–H groups in total. The molecule has 0 radical (unpaired) electrons. The van der Waals surface area contributed by atoms with Gasteiger partial charge in [-0.3, -0.25) is 0 Å². The summed E-state index contributed by atoms with van der Waals surface area (Å²) in [5.41, 5.74) is 3.02. The number of nitrogens with zero attached hydrogens (tertiary/aromatic N) is 1. The van der Waals surface area contributed by atoms with Crippen LogP contribution in [0.15, 0.2) is 85.0 Å². The van der Waals surface area contributed by atoms with E-state index in [4.69, 9.17) is 0 Å². The van der Waals surface area contributed by atoms with Crippen LogP contribution in [0, 0.1) is 0 Å². The summed E-state index contributed by atoms with van der Waals surface area (Å²) >= 11 is 0. The van der Waals surface area contributed by atoms with E-state index in [0.29, 0.717) is 0 Å². The number of unbranched alkanes of at least 4 members (excludes halogenated alkanes) is 26. The van der Waals surface area contributed by atoms with Gasteiger partial charge in [-0.1, -0.05) is 214 Å². The zero-order chi connectivity index (χ0) is 37.6. The van der Waals surface area contributed by atoms with E-state index in [2.05, 4.69) is 98.8 Å². The highest BCUT2D eigenvalue weighted by Crippen LogP contribution is 2.24. The summed E-state index contributed by atoms with van der Waals surface area (Å²) in [6.07, 6.45) is 51.3. The monoisotopic (exact) mass is 727 g/mol. The topological polar surface area (TPSA) is 0 Å². The van der Waals surface area contributed by atoms with Crippen LogP contribution in [0.3, 0.4) is 0 Å². The third-order valence-electron chi connectivity index (χ3n) is 11.5. The molecule has 53 heavy (non-hydrogen) atoms. The molecule has 0 atom stereocenters. The van der Waals surface area contributed by atoms with Crippen LogP contribution in [-0.2, 0) is 13.1 Å². The van der Waals surface area contributed by atoms with E-state index in [1.165, 1.54) is 234 Å². The van der Waals surface area contributed by atoms with Crippen molar-refractivity contribution >= 4 is 0 Å². The fourth-order valence-corrected chi connectivity index (χ4v) is 8.17. The molecule has 2 aromatic carbocycles. The number of quaternary nitrogens is 1.